The highest BCUT2D eigenvalue weighted by molar-refractivity contribution is 7.99. The van der Waals surface area contributed by atoms with Gasteiger partial charge in [0.15, 0.2) is 6.54 Å². The van der Waals surface area contributed by atoms with Crippen molar-refractivity contribution in [2.75, 3.05) is 31.1 Å². The molecule has 1 saturated heterocycles. The molecule has 1 aliphatic heterocycles. The molecule has 7 heteroatoms. The molecule has 1 aromatic rings. The van der Waals surface area contributed by atoms with Crippen LogP contribution in [0.1, 0.15) is 5.56 Å². The summed E-state index contributed by atoms with van der Waals surface area (Å²) in [6.07, 6.45) is 1.51. The van der Waals surface area contributed by atoms with Gasteiger partial charge in [-0.2, -0.15) is 16.9 Å². The molecule has 108 valence electrons. The van der Waals surface area contributed by atoms with E-state index >= 15 is 0 Å². The van der Waals surface area contributed by atoms with E-state index in [4.69, 9.17) is 23.2 Å². The molecule has 1 aromatic carbocycles. The zero-order valence-electron chi connectivity index (χ0n) is 10.9. The normalized spacial score (nSPS) is 16.5. The van der Waals surface area contributed by atoms with Crippen LogP contribution in [-0.2, 0) is 4.79 Å². The summed E-state index contributed by atoms with van der Waals surface area (Å²) < 4.78 is 0. The van der Waals surface area contributed by atoms with Gasteiger partial charge in [-0.25, -0.2) is 5.43 Å². The van der Waals surface area contributed by atoms with Crippen LogP contribution >= 0.6 is 35.0 Å². The zero-order chi connectivity index (χ0) is 14.4. The minimum atomic E-state index is -0.0821. The number of nitrogens with zero attached hydrogens (tertiary/aromatic N) is 1. The van der Waals surface area contributed by atoms with Crippen LogP contribution in [0.5, 0.6) is 0 Å². The quantitative estimate of drug-likeness (QED) is 0.640. The average molecular weight is 333 g/mol. The van der Waals surface area contributed by atoms with E-state index in [1.165, 1.54) is 11.1 Å². The fraction of sp³-hybridized carbons (Fsp3) is 0.385. The number of amides is 1. The number of carbonyl (C=O) groups is 1. The van der Waals surface area contributed by atoms with Gasteiger partial charge in [-0.15, -0.1) is 0 Å². The lowest BCUT2D eigenvalue weighted by atomic mass is 10.2. The lowest BCUT2D eigenvalue weighted by Gasteiger charge is -2.21. The van der Waals surface area contributed by atoms with Gasteiger partial charge in [0, 0.05) is 17.1 Å². The Bertz CT molecular complexity index is 504. The zero-order valence-corrected chi connectivity index (χ0v) is 13.2. The Morgan fingerprint density at radius 3 is 2.90 bits per heavy atom. The fourth-order valence-electron chi connectivity index (χ4n) is 1.90. The topological polar surface area (TPSA) is 45.9 Å². The highest BCUT2D eigenvalue weighted by Gasteiger charge is 2.16. The summed E-state index contributed by atoms with van der Waals surface area (Å²) in [6.45, 7) is 2.52. The minimum Gasteiger partial charge on any atom is -0.326 e. The van der Waals surface area contributed by atoms with Crippen LogP contribution in [0.15, 0.2) is 23.3 Å². The van der Waals surface area contributed by atoms with Gasteiger partial charge in [-0.05, 0) is 6.07 Å². The number of thioether (sulfide) groups is 1. The first kappa shape index (κ1) is 15.6. The highest BCUT2D eigenvalue weighted by atomic mass is 35.5. The Balaban J connectivity index is 1.83. The summed E-state index contributed by atoms with van der Waals surface area (Å²) in [7, 11) is 0. The Labute approximate surface area is 132 Å². The predicted octanol–water partition coefficient (Wildman–Crippen LogP) is 1.08. The first-order valence-corrected chi connectivity index (χ1v) is 8.25. The molecule has 0 aliphatic carbocycles. The third-order valence-electron chi connectivity index (χ3n) is 2.98. The van der Waals surface area contributed by atoms with Gasteiger partial charge in [0.05, 0.1) is 29.3 Å². The Morgan fingerprint density at radius 1 is 1.40 bits per heavy atom. The molecule has 0 bridgehead atoms. The van der Waals surface area contributed by atoms with E-state index in [0.717, 1.165) is 24.6 Å². The standard InChI is InChI=1S/C13H15Cl2N3OS/c14-11-3-1-2-10(13(11)15)8-16-17-12(19)9-18-4-6-20-7-5-18/h1-3,8H,4-7,9H2,(H,17,19)/p+1/b16-8-. The van der Waals surface area contributed by atoms with E-state index in [2.05, 4.69) is 10.5 Å². The largest absolute Gasteiger partial charge is 0.326 e. The molecule has 1 amide bonds. The molecular weight excluding hydrogens is 317 g/mol. The molecule has 1 aliphatic rings. The molecule has 1 fully saturated rings. The van der Waals surface area contributed by atoms with Crippen LogP contribution in [0.4, 0.5) is 0 Å². The predicted molar refractivity (Wildman–Crippen MR) is 85.1 cm³/mol. The van der Waals surface area contributed by atoms with E-state index < -0.39 is 0 Å². The maximum Gasteiger partial charge on any atom is 0.295 e. The maximum absolute atomic E-state index is 11.7. The number of rotatable bonds is 4. The summed E-state index contributed by atoms with van der Waals surface area (Å²) in [5.41, 5.74) is 3.21. The summed E-state index contributed by atoms with van der Waals surface area (Å²) in [4.78, 5) is 13.0. The summed E-state index contributed by atoms with van der Waals surface area (Å²) >= 11 is 13.9. The van der Waals surface area contributed by atoms with Crippen molar-refractivity contribution in [3.05, 3.63) is 33.8 Å². The molecule has 2 N–H and O–H groups in total. The fourth-order valence-corrected chi connectivity index (χ4v) is 3.32. The van der Waals surface area contributed by atoms with Gasteiger partial charge in [0.1, 0.15) is 0 Å². The van der Waals surface area contributed by atoms with Crippen molar-refractivity contribution in [2.45, 2.75) is 0 Å². The number of nitrogens with one attached hydrogen (secondary N) is 2. The van der Waals surface area contributed by atoms with Crippen LogP contribution < -0.4 is 10.3 Å². The van der Waals surface area contributed by atoms with Gasteiger partial charge >= 0.3 is 0 Å². The Morgan fingerprint density at radius 2 is 2.15 bits per heavy atom. The van der Waals surface area contributed by atoms with Gasteiger partial charge in [0.2, 0.25) is 0 Å². The summed E-state index contributed by atoms with van der Waals surface area (Å²) in [5, 5.41) is 4.83. The van der Waals surface area contributed by atoms with Crippen molar-refractivity contribution in [3.8, 4) is 0 Å². The molecule has 2 rings (SSSR count). The minimum absolute atomic E-state index is 0.0821. The van der Waals surface area contributed by atoms with Crippen molar-refractivity contribution in [1.82, 2.24) is 5.43 Å². The Kier molecular flexibility index (Phi) is 6.16. The second-order valence-electron chi connectivity index (χ2n) is 4.48. The lowest BCUT2D eigenvalue weighted by Crippen LogP contribution is -3.14. The number of hydrogen-bond donors (Lipinski definition) is 2. The van der Waals surface area contributed by atoms with Crippen LogP contribution in [-0.4, -0.2) is 43.3 Å². The molecule has 0 spiro atoms. The maximum atomic E-state index is 11.7. The number of hydrogen-bond acceptors (Lipinski definition) is 3. The molecule has 0 atom stereocenters. The third kappa shape index (κ3) is 4.66. The second kappa shape index (κ2) is 7.88. The van der Waals surface area contributed by atoms with Crippen molar-refractivity contribution in [3.63, 3.8) is 0 Å². The molecule has 0 aromatic heterocycles. The van der Waals surface area contributed by atoms with E-state index in [0.29, 0.717) is 22.2 Å². The number of carbonyl (C=O) groups excluding carboxylic acids is 1. The Hall–Kier alpha value is -0.750. The third-order valence-corrected chi connectivity index (χ3v) is 4.80. The molecule has 20 heavy (non-hydrogen) atoms. The van der Waals surface area contributed by atoms with Crippen LogP contribution in [0, 0.1) is 0 Å². The van der Waals surface area contributed by atoms with Crippen molar-refractivity contribution in [1.29, 1.82) is 0 Å². The molecular formula is C13H16Cl2N3OS+. The first-order chi connectivity index (χ1) is 9.66. The van der Waals surface area contributed by atoms with Crippen LogP contribution in [0.25, 0.3) is 0 Å². The number of quaternary nitrogens is 1. The number of halogens is 2. The van der Waals surface area contributed by atoms with Crippen molar-refractivity contribution >= 4 is 47.1 Å². The van der Waals surface area contributed by atoms with Gasteiger partial charge in [-0.3, -0.25) is 4.79 Å². The van der Waals surface area contributed by atoms with E-state index in [9.17, 15) is 4.79 Å². The molecule has 1 heterocycles. The second-order valence-corrected chi connectivity index (χ2v) is 6.49. The van der Waals surface area contributed by atoms with E-state index in [1.807, 2.05) is 11.8 Å². The van der Waals surface area contributed by atoms with Crippen molar-refractivity contribution in [2.24, 2.45) is 5.10 Å². The number of benzene rings is 1. The van der Waals surface area contributed by atoms with Crippen LogP contribution in [0.3, 0.4) is 0 Å². The summed E-state index contributed by atoms with van der Waals surface area (Å²) in [5.74, 6) is 2.15. The van der Waals surface area contributed by atoms with Crippen LogP contribution in [0.2, 0.25) is 10.0 Å². The van der Waals surface area contributed by atoms with Crippen molar-refractivity contribution < 1.29 is 9.69 Å². The SMILES string of the molecule is O=C(C[NH+]1CCSCC1)N/N=C\c1cccc(Cl)c1Cl. The van der Waals surface area contributed by atoms with Gasteiger partial charge < -0.3 is 4.90 Å². The van der Waals surface area contributed by atoms with E-state index in [-0.39, 0.29) is 5.91 Å². The molecule has 0 saturated carbocycles. The molecule has 0 unspecified atom stereocenters. The molecule has 0 radical (unpaired) electrons. The first-order valence-electron chi connectivity index (χ1n) is 6.34. The monoisotopic (exact) mass is 332 g/mol. The van der Waals surface area contributed by atoms with Gasteiger partial charge in [0.25, 0.3) is 5.91 Å². The molecule has 4 nitrogen and oxygen atoms in total. The summed E-state index contributed by atoms with van der Waals surface area (Å²) in [6, 6.07) is 5.28. The average Bonchev–Trinajstić information content (AvgIpc) is 2.44. The van der Waals surface area contributed by atoms with E-state index in [1.54, 1.807) is 18.2 Å². The lowest BCUT2D eigenvalue weighted by molar-refractivity contribution is -0.888. The smallest absolute Gasteiger partial charge is 0.295 e. The number of hydrazone groups is 1. The highest BCUT2D eigenvalue weighted by Crippen LogP contribution is 2.23. The van der Waals surface area contributed by atoms with Gasteiger partial charge in [-0.1, -0.05) is 35.3 Å².